The van der Waals surface area contributed by atoms with Gasteiger partial charge in [0.15, 0.2) is 0 Å². The topological polar surface area (TPSA) is 64.3 Å². The number of likely N-dealkylation sites (tertiary alicyclic amines) is 1. The van der Waals surface area contributed by atoms with Crippen LogP contribution >= 0.6 is 7.36 Å². The van der Waals surface area contributed by atoms with Gasteiger partial charge in [-0.1, -0.05) is 18.2 Å². The van der Waals surface area contributed by atoms with Crippen LogP contribution in [-0.4, -0.2) is 79.9 Å². The van der Waals surface area contributed by atoms with E-state index in [9.17, 15) is 5.26 Å². The summed E-state index contributed by atoms with van der Waals surface area (Å²) in [6.45, 7) is 10.0. The average molecular weight is 430 g/mol. The minimum absolute atomic E-state index is 0.678. The molecule has 0 aromatic heterocycles. The Morgan fingerprint density at radius 1 is 0.900 bits per heavy atom. The zero-order valence-electron chi connectivity index (χ0n) is 17.9. The van der Waals surface area contributed by atoms with Crippen molar-refractivity contribution in [2.45, 2.75) is 19.8 Å². The van der Waals surface area contributed by atoms with Crippen molar-refractivity contribution >= 4 is 13.0 Å². The van der Waals surface area contributed by atoms with Gasteiger partial charge in [-0.2, -0.15) is 5.26 Å². The van der Waals surface area contributed by atoms with Crippen LogP contribution in [0.1, 0.15) is 19.8 Å². The summed E-state index contributed by atoms with van der Waals surface area (Å²) in [7, 11) is -2.48. The van der Waals surface area contributed by atoms with Gasteiger partial charge in [-0.05, 0) is 31.9 Å². The first-order valence-electron chi connectivity index (χ1n) is 11.0. The van der Waals surface area contributed by atoms with Crippen molar-refractivity contribution in [3.8, 4) is 6.07 Å². The third kappa shape index (κ3) is 4.34. The Morgan fingerprint density at radius 2 is 1.43 bits per heavy atom. The SMILES string of the molecule is CC(=C(C#N)P(=Nc1ccccc1)(N1CCOCC1)N1CCOCC1)N1CCCC1. The molecule has 4 rings (SSSR count). The Balaban J connectivity index is 1.94. The highest BCUT2D eigenvalue weighted by molar-refractivity contribution is 7.66. The zero-order chi connectivity index (χ0) is 20.8. The number of nitrogens with zero attached hydrogens (tertiary/aromatic N) is 5. The van der Waals surface area contributed by atoms with Gasteiger partial charge in [-0.3, -0.25) is 0 Å². The highest BCUT2D eigenvalue weighted by atomic mass is 31.2. The quantitative estimate of drug-likeness (QED) is 0.523. The van der Waals surface area contributed by atoms with Crippen LogP contribution in [0.3, 0.4) is 0 Å². The van der Waals surface area contributed by atoms with Gasteiger partial charge in [0.2, 0.25) is 0 Å². The molecule has 3 aliphatic heterocycles. The first-order chi connectivity index (χ1) is 14.8. The molecule has 1 aromatic rings. The van der Waals surface area contributed by atoms with Crippen LogP contribution in [0.15, 0.2) is 46.1 Å². The van der Waals surface area contributed by atoms with Crippen molar-refractivity contribution in [1.29, 1.82) is 5.26 Å². The van der Waals surface area contributed by atoms with Gasteiger partial charge < -0.3 is 14.4 Å². The molecule has 1 aromatic carbocycles. The summed E-state index contributed by atoms with van der Waals surface area (Å²) in [5, 5.41) is 11.4. The van der Waals surface area contributed by atoms with Gasteiger partial charge in [0, 0.05) is 45.0 Å². The molecule has 3 fully saturated rings. The number of allylic oxidation sites excluding steroid dienone is 2. The molecule has 0 bridgehead atoms. The molecule has 162 valence electrons. The lowest BCUT2D eigenvalue weighted by molar-refractivity contribution is 0.0575. The largest absolute Gasteiger partial charge is 0.379 e. The molecule has 0 amide bonds. The van der Waals surface area contributed by atoms with Gasteiger partial charge in [0.25, 0.3) is 0 Å². The minimum Gasteiger partial charge on any atom is -0.379 e. The molecule has 3 aliphatic rings. The predicted molar refractivity (Wildman–Crippen MR) is 119 cm³/mol. The van der Waals surface area contributed by atoms with E-state index in [0.717, 1.165) is 56.0 Å². The van der Waals surface area contributed by atoms with Crippen molar-refractivity contribution in [2.24, 2.45) is 4.74 Å². The zero-order valence-corrected chi connectivity index (χ0v) is 18.8. The summed E-state index contributed by atoms with van der Waals surface area (Å²) >= 11 is 0. The number of benzene rings is 1. The Morgan fingerprint density at radius 3 is 1.93 bits per heavy atom. The Labute approximate surface area is 180 Å². The van der Waals surface area contributed by atoms with Crippen LogP contribution in [0.5, 0.6) is 0 Å². The number of nitriles is 1. The standard InChI is InChI=1S/C22H32N5O2P/c1-20(25-9-5-6-10-25)22(19-23)30(26-11-15-28-16-12-26,27-13-17-29-18-14-27)24-21-7-3-2-4-8-21/h2-4,7-8H,5-6,9-18H2,1H3. The van der Waals surface area contributed by atoms with Crippen LogP contribution < -0.4 is 0 Å². The Kier molecular flexibility index (Phi) is 7.24. The van der Waals surface area contributed by atoms with Gasteiger partial charge in [0.1, 0.15) is 18.7 Å². The molecule has 3 heterocycles. The van der Waals surface area contributed by atoms with Crippen molar-refractivity contribution in [3.63, 3.8) is 0 Å². The second-order valence-corrected chi connectivity index (χ2v) is 10.8. The smallest absolute Gasteiger partial charge is 0.145 e. The van der Waals surface area contributed by atoms with E-state index in [-0.39, 0.29) is 0 Å². The van der Waals surface area contributed by atoms with Gasteiger partial charge in [0.05, 0.1) is 32.1 Å². The van der Waals surface area contributed by atoms with E-state index in [1.165, 1.54) is 12.8 Å². The predicted octanol–water partition coefficient (Wildman–Crippen LogP) is 3.86. The molecule has 0 atom stereocenters. The third-order valence-corrected chi connectivity index (χ3v) is 10.0. The first kappa shape index (κ1) is 21.5. The number of morpholine rings is 2. The van der Waals surface area contributed by atoms with Crippen molar-refractivity contribution in [3.05, 3.63) is 41.3 Å². The first-order valence-corrected chi connectivity index (χ1v) is 12.6. The number of ether oxygens (including phenoxy) is 2. The molecular weight excluding hydrogens is 397 g/mol. The normalized spacial score (nSPS) is 22.5. The van der Waals surface area contributed by atoms with Gasteiger partial charge >= 0.3 is 0 Å². The lowest BCUT2D eigenvalue weighted by Crippen LogP contribution is -2.44. The fourth-order valence-corrected chi connectivity index (χ4v) is 8.41. The minimum atomic E-state index is -2.48. The molecule has 0 N–H and O–H groups in total. The Bertz CT molecular complexity index is 811. The summed E-state index contributed by atoms with van der Waals surface area (Å²) in [5.74, 6) is 0. The lowest BCUT2D eigenvalue weighted by Gasteiger charge is -2.47. The van der Waals surface area contributed by atoms with E-state index in [4.69, 9.17) is 14.2 Å². The molecule has 7 nitrogen and oxygen atoms in total. The molecular formula is C22H32N5O2P. The molecule has 0 aliphatic carbocycles. The summed E-state index contributed by atoms with van der Waals surface area (Å²) < 4.78 is 21.7. The average Bonchev–Trinajstić information content (AvgIpc) is 3.36. The monoisotopic (exact) mass is 429 g/mol. The summed E-state index contributed by atoms with van der Waals surface area (Å²) in [4.78, 5) is 2.38. The van der Waals surface area contributed by atoms with E-state index in [1.807, 2.05) is 18.2 Å². The molecule has 3 saturated heterocycles. The maximum absolute atomic E-state index is 10.5. The summed E-state index contributed by atoms with van der Waals surface area (Å²) in [6, 6.07) is 12.8. The van der Waals surface area contributed by atoms with E-state index in [1.54, 1.807) is 0 Å². The van der Waals surface area contributed by atoms with Crippen LogP contribution in [0.4, 0.5) is 5.69 Å². The maximum Gasteiger partial charge on any atom is 0.145 e. The molecule has 30 heavy (non-hydrogen) atoms. The number of hydrogen-bond acceptors (Lipinski definition) is 5. The van der Waals surface area contributed by atoms with Gasteiger partial charge in [-0.25, -0.2) is 14.1 Å². The van der Waals surface area contributed by atoms with Crippen molar-refractivity contribution in [2.75, 3.05) is 65.7 Å². The van der Waals surface area contributed by atoms with E-state index >= 15 is 0 Å². The third-order valence-electron chi connectivity index (χ3n) is 6.10. The lowest BCUT2D eigenvalue weighted by atomic mass is 10.3. The number of hydrogen-bond donors (Lipinski definition) is 0. The van der Waals surface area contributed by atoms with Crippen LogP contribution in [-0.2, 0) is 9.47 Å². The molecule has 0 radical (unpaired) electrons. The van der Waals surface area contributed by atoms with E-state index in [0.29, 0.717) is 26.4 Å². The molecule has 0 unspecified atom stereocenters. The molecule has 0 spiro atoms. The van der Waals surface area contributed by atoms with Gasteiger partial charge in [-0.15, -0.1) is 0 Å². The fraction of sp³-hybridized carbons (Fsp3) is 0.591. The van der Waals surface area contributed by atoms with E-state index < -0.39 is 7.36 Å². The fourth-order valence-electron chi connectivity index (χ4n) is 4.53. The second-order valence-electron chi connectivity index (χ2n) is 7.88. The second kappa shape index (κ2) is 10.1. The van der Waals surface area contributed by atoms with E-state index in [2.05, 4.69) is 39.4 Å². The maximum atomic E-state index is 10.5. The highest BCUT2D eigenvalue weighted by Gasteiger charge is 2.42. The van der Waals surface area contributed by atoms with Crippen molar-refractivity contribution in [1.82, 2.24) is 14.2 Å². The Hall–Kier alpha value is -1.68. The van der Waals surface area contributed by atoms with Crippen LogP contribution in [0.25, 0.3) is 0 Å². The van der Waals surface area contributed by atoms with Crippen LogP contribution in [0.2, 0.25) is 0 Å². The van der Waals surface area contributed by atoms with Crippen LogP contribution in [0, 0.1) is 11.3 Å². The summed E-state index contributed by atoms with van der Waals surface area (Å²) in [6.07, 6.45) is 2.37. The van der Waals surface area contributed by atoms with Crippen molar-refractivity contribution < 1.29 is 9.47 Å². The number of rotatable bonds is 5. The highest BCUT2D eigenvalue weighted by Crippen LogP contribution is 2.65. The molecule has 8 heteroatoms. The summed E-state index contributed by atoms with van der Waals surface area (Å²) in [5.41, 5.74) is 2.03. The molecule has 0 saturated carbocycles.